The summed E-state index contributed by atoms with van der Waals surface area (Å²) >= 11 is 0. The molecule has 2 N–H and O–H groups in total. The van der Waals surface area contributed by atoms with E-state index in [-0.39, 0.29) is 11.4 Å². The fourth-order valence-corrected chi connectivity index (χ4v) is 2.69. The van der Waals surface area contributed by atoms with Gasteiger partial charge in [-0.2, -0.15) is 0 Å². The third-order valence-corrected chi connectivity index (χ3v) is 3.91. The molecule has 1 aromatic rings. The Morgan fingerprint density at radius 2 is 2.12 bits per heavy atom. The maximum atomic E-state index is 12.2. The highest BCUT2D eigenvalue weighted by molar-refractivity contribution is 5.95. The van der Waals surface area contributed by atoms with Crippen LogP contribution in [0.5, 0.6) is 0 Å². The van der Waals surface area contributed by atoms with Crippen LogP contribution in [0.4, 0.5) is 0 Å². The van der Waals surface area contributed by atoms with Crippen LogP contribution in [0.25, 0.3) is 0 Å². The number of hydrogen-bond donors (Lipinski definition) is 1. The normalized spacial score (nSPS) is 22.1. The first-order valence-electron chi connectivity index (χ1n) is 6.23. The smallest absolute Gasteiger partial charge is 0.253 e. The van der Waals surface area contributed by atoms with Gasteiger partial charge < -0.3 is 10.6 Å². The predicted molar refractivity (Wildman–Crippen MR) is 66.7 cm³/mol. The Balaban J connectivity index is 1.69. The largest absolute Gasteiger partial charge is 0.335 e. The number of nitrogens with two attached hydrogens (primary N) is 1. The zero-order valence-electron chi connectivity index (χ0n) is 10.1. The van der Waals surface area contributed by atoms with E-state index in [4.69, 9.17) is 5.73 Å². The first-order chi connectivity index (χ1) is 8.08. The molecule has 1 saturated carbocycles. The molecule has 1 aliphatic carbocycles. The first-order valence-corrected chi connectivity index (χ1v) is 6.23. The molecule has 2 fully saturated rings. The van der Waals surface area contributed by atoms with Crippen molar-refractivity contribution in [1.82, 2.24) is 4.90 Å². The summed E-state index contributed by atoms with van der Waals surface area (Å²) in [7, 11) is 0. The Hall–Kier alpha value is -1.35. The van der Waals surface area contributed by atoms with Crippen molar-refractivity contribution in [2.75, 3.05) is 13.1 Å². The summed E-state index contributed by atoms with van der Waals surface area (Å²) in [5, 5.41) is 0. The number of carbonyl (C=O) groups excluding carboxylic acids is 1. The molecule has 17 heavy (non-hydrogen) atoms. The fourth-order valence-electron chi connectivity index (χ4n) is 2.69. The molecule has 0 unspecified atom stereocenters. The van der Waals surface area contributed by atoms with Crippen LogP contribution in [0.3, 0.4) is 0 Å². The van der Waals surface area contributed by atoms with Crippen molar-refractivity contribution >= 4 is 5.91 Å². The van der Waals surface area contributed by atoms with Crippen LogP contribution < -0.4 is 5.73 Å². The third-order valence-electron chi connectivity index (χ3n) is 3.91. The van der Waals surface area contributed by atoms with Crippen molar-refractivity contribution in [2.24, 2.45) is 11.7 Å². The number of likely N-dealkylation sites (tertiary alicyclic amines) is 1. The second kappa shape index (κ2) is 3.57. The minimum absolute atomic E-state index is 0.0838. The standard InChI is InChI=1S/C14H18N2O/c1-10-3-2-4-11(7-10)13(17)16-8-14(15,9-16)12-5-6-12/h2-4,7,12H,5-6,8-9,15H2,1H3. The van der Waals surface area contributed by atoms with Crippen LogP contribution in [0.1, 0.15) is 28.8 Å². The number of amides is 1. The minimum atomic E-state index is -0.0838. The van der Waals surface area contributed by atoms with E-state index < -0.39 is 0 Å². The Morgan fingerprint density at radius 3 is 2.71 bits per heavy atom. The molecule has 0 bridgehead atoms. The van der Waals surface area contributed by atoms with E-state index in [0.717, 1.165) is 24.2 Å². The van der Waals surface area contributed by atoms with Gasteiger partial charge in [0.2, 0.25) is 0 Å². The lowest BCUT2D eigenvalue weighted by Crippen LogP contribution is -2.69. The van der Waals surface area contributed by atoms with Gasteiger partial charge in [-0.1, -0.05) is 17.7 Å². The zero-order valence-corrected chi connectivity index (χ0v) is 10.1. The average molecular weight is 230 g/mol. The first kappa shape index (κ1) is 10.8. The van der Waals surface area contributed by atoms with E-state index in [1.807, 2.05) is 36.1 Å². The van der Waals surface area contributed by atoms with E-state index in [2.05, 4.69) is 0 Å². The Kier molecular flexibility index (Phi) is 2.26. The number of hydrogen-bond acceptors (Lipinski definition) is 2. The lowest BCUT2D eigenvalue weighted by Gasteiger charge is -2.48. The molecule has 2 aliphatic rings. The monoisotopic (exact) mass is 230 g/mol. The van der Waals surface area contributed by atoms with Crippen molar-refractivity contribution in [2.45, 2.75) is 25.3 Å². The second-order valence-electron chi connectivity index (χ2n) is 5.54. The zero-order chi connectivity index (χ0) is 12.0. The number of rotatable bonds is 2. The lowest BCUT2D eigenvalue weighted by molar-refractivity contribution is 0.0350. The summed E-state index contributed by atoms with van der Waals surface area (Å²) in [6.07, 6.45) is 2.48. The van der Waals surface area contributed by atoms with Gasteiger partial charge in [0.15, 0.2) is 0 Å². The number of benzene rings is 1. The molecule has 0 spiro atoms. The Morgan fingerprint density at radius 1 is 1.41 bits per heavy atom. The molecule has 3 nitrogen and oxygen atoms in total. The summed E-state index contributed by atoms with van der Waals surface area (Å²) in [5.74, 6) is 0.777. The van der Waals surface area contributed by atoms with Crippen molar-refractivity contribution in [3.8, 4) is 0 Å². The molecular weight excluding hydrogens is 212 g/mol. The van der Waals surface area contributed by atoms with Gasteiger partial charge in [-0.15, -0.1) is 0 Å². The molecule has 3 rings (SSSR count). The average Bonchev–Trinajstić information content (AvgIpc) is 3.08. The molecular formula is C14H18N2O. The van der Waals surface area contributed by atoms with Crippen LogP contribution in [0.2, 0.25) is 0 Å². The minimum Gasteiger partial charge on any atom is -0.335 e. The number of nitrogens with zero attached hydrogens (tertiary/aromatic N) is 1. The van der Waals surface area contributed by atoms with Crippen molar-refractivity contribution in [3.63, 3.8) is 0 Å². The highest BCUT2D eigenvalue weighted by Crippen LogP contribution is 2.43. The van der Waals surface area contributed by atoms with Crippen LogP contribution in [0, 0.1) is 12.8 Å². The Labute approximate surface area is 102 Å². The predicted octanol–water partition coefficient (Wildman–Crippen LogP) is 1.56. The molecule has 1 aromatic carbocycles. The molecule has 1 amide bonds. The van der Waals surface area contributed by atoms with Crippen LogP contribution in [-0.2, 0) is 0 Å². The third kappa shape index (κ3) is 1.84. The van der Waals surface area contributed by atoms with Crippen molar-refractivity contribution in [3.05, 3.63) is 35.4 Å². The van der Waals surface area contributed by atoms with E-state index >= 15 is 0 Å². The summed E-state index contributed by atoms with van der Waals surface area (Å²) < 4.78 is 0. The van der Waals surface area contributed by atoms with Crippen molar-refractivity contribution in [1.29, 1.82) is 0 Å². The van der Waals surface area contributed by atoms with Crippen LogP contribution in [0.15, 0.2) is 24.3 Å². The van der Waals surface area contributed by atoms with E-state index in [1.165, 1.54) is 12.8 Å². The van der Waals surface area contributed by atoms with Gasteiger partial charge in [0.1, 0.15) is 0 Å². The highest BCUT2D eigenvalue weighted by atomic mass is 16.2. The molecule has 1 aliphatic heterocycles. The van der Waals surface area contributed by atoms with Gasteiger partial charge in [0, 0.05) is 18.7 Å². The summed E-state index contributed by atoms with van der Waals surface area (Å²) in [6, 6.07) is 7.75. The van der Waals surface area contributed by atoms with Gasteiger partial charge in [0.05, 0.1) is 5.54 Å². The maximum absolute atomic E-state index is 12.2. The fraction of sp³-hybridized carbons (Fsp3) is 0.500. The number of aryl methyl sites for hydroxylation is 1. The molecule has 3 heteroatoms. The summed E-state index contributed by atoms with van der Waals surface area (Å²) in [4.78, 5) is 14.0. The van der Waals surface area contributed by atoms with E-state index in [0.29, 0.717) is 5.92 Å². The van der Waals surface area contributed by atoms with Gasteiger partial charge in [0.25, 0.3) is 5.91 Å². The van der Waals surface area contributed by atoms with E-state index in [9.17, 15) is 4.79 Å². The molecule has 0 aromatic heterocycles. The van der Waals surface area contributed by atoms with E-state index in [1.54, 1.807) is 0 Å². The van der Waals surface area contributed by atoms with Gasteiger partial charge in [-0.3, -0.25) is 4.79 Å². The molecule has 90 valence electrons. The second-order valence-corrected chi connectivity index (χ2v) is 5.54. The molecule has 1 saturated heterocycles. The molecule has 1 heterocycles. The Bertz CT molecular complexity index is 459. The summed E-state index contributed by atoms with van der Waals surface area (Å²) in [6.45, 7) is 3.46. The van der Waals surface area contributed by atoms with Gasteiger partial charge in [-0.25, -0.2) is 0 Å². The quantitative estimate of drug-likeness (QED) is 0.838. The maximum Gasteiger partial charge on any atom is 0.253 e. The number of carbonyl (C=O) groups is 1. The van der Waals surface area contributed by atoms with Crippen LogP contribution in [-0.4, -0.2) is 29.4 Å². The van der Waals surface area contributed by atoms with Crippen LogP contribution >= 0.6 is 0 Å². The van der Waals surface area contributed by atoms with Gasteiger partial charge >= 0.3 is 0 Å². The summed E-state index contributed by atoms with van der Waals surface area (Å²) in [5.41, 5.74) is 8.07. The molecule has 0 radical (unpaired) electrons. The lowest BCUT2D eigenvalue weighted by atomic mass is 9.85. The topological polar surface area (TPSA) is 46.3 Å². The molecule has 0 atom stereocenters. The van der Waals surface area contributed by atoms with Crippen molar-refractivity contribution < 1.29 is 4.79 Å². The van der Waals surface area contributed by atoms with Gasteiger partial charge in [-0.05, 0) is 37.8 Å². The highest BCUT2D eigenvalue weighted by Gasteiger charge is 2.51. The SMILES string of the molecule is Cc1cccc(C(=O)N2CC(N)(C3CC3)C2)c1.